The molecule has 0 saturated carbocycles. The van der Waals surface area contributed by atoms with Crippen molar-refractivity contribution in [3.05, 3.63) is 48.0 Å². The minimum absolute atomic E-state index is 0.178. The molecule has 0 spiro atoms. The highest BCUT2D eigenvalue weighted by atomic mass is 16.5. The van der Waals surface area contributed by atoms with Crippen LogP contribution in [0.15, 0.2) is 42.5 Å². The zero-order chi connectivity index (χ0) is 18.0. The molecule has 6 nitrogen and oxygen atoms in total. The maximum atomic E-state index is 12.3. The quantitative estimate of drug-likeness (QED) is 0.514. The van der Waals surface area contributed by atoms with Crippen molar-refractivity contribution in [2.75, 3.05) is 18.7 Å². The van der Waals surface area contributed by atoms with Crippen molar-refractivity contribution >= 4 is 11.6 Å². The molecule has 2 aromatic rings. The van der Waals surface area contributed by atoms with E-state index in [2.05, 4.69) is 0 Å². The molecule has 0 radical (unpaired) electrons. The topological polar surface area (TPSA) is 74.0 Å². The Morgan fingerprint density at radius 2 is 1.96 bits per heavy atom. The summed E-state index contributed by atoms with van der Waals surface area (Å²) in [5.41, 5.74) is 1.37. The average Bonchev–Trinajstić information content (AvgIpc) is 2.93. The van der Waals surface area contributed by atoms with Gasteiger partial charge in [-0.25, -0.2) is 10.9 Å². The lowest BCUT2D eigenvalue weighted by atomic mass is 10.0. The molecule has 25 heavy (non-hydrogen) atoms. The van der Waals surface area contributed by atoms with Crippen molar-refractivity contribution in [2.24, 2.45) is 5.84 Å². The Balaban J connectivity index is 1.66. The van der Waals surface area contributed by atoms with E-state index in [4.69, 9.17) is 20.1 Å². The van der Waals surface area contributed by atoms with Crippen molar-refractivity contribution in [2.45, 2.75) is 25.9 Å². The Labute approximate surface area is 147 Å². The van der Waals surface area contributed by atoms with E-state index in [1.54, 1.807) is 37.4 Å². The number of rotatable bonds is 5. The molecule has 0 aliphatic carbocycles. The third kappa shape index (κ3) is 3.69. The molecule has 2 N–H and O–H groups in total. The second-order valence-electron chi connectivity index (χ2n) is 6.53. The fourth-order valence-electron chi connectivity index (χ4n) is 2.80. The highest BCUT2D eigenvalue weighted by Crippen LogP contribution is 2.41. The van der Waals surface area contributed by atoms with Crippen LogP contribution in [0.1, 0.15) is 19.4 Å². The molecule has 0 bridgehead atoms. The van der Waals surface area contributed by atoms with E-state index < -0.39 is 0 Å². The first kappa shape index (κ1) is 17.1. The third-order valence-corrected chi connectivity index (χ3v) is 4.03. The number of fused-ring (bicyclic) bond motifs is 1. The Kier molecular flexibility index (Phi) is 4.55. The summed E-state index contributed by atoms with van der Waals surface area (Å²) in [4.78, 5) is 12.3. The van der Waals surface area contributed by atoms with Gasteiger partial charge in [0.15, 0.2) is 18.1 Å². The van der Waals surface area contributed by atoms with Crippen LogP contribution in [-0.2, 0) is 11.2 Å². The molecule has 1 aliphatic rings. The SMILES string of the molecule is COc1ccc(N(N)C(=O)COc2cccc3c2OC(C)(C)C3)cc1. The minimum Gasteiger partial charge on any atom is -0.497 e. The predicted octanol–water partition coefficient (Wildman–Crippen LogP) is 2.69. The van der Waals surface area contributed by atoms with Gasteiger partial charge in [-0.3, -0.25) is 4.79 Å². The first-order chi connectivity index (χ1) is 11.9. The fourth-order valence-corrected chi connectivity index (χ4v) is 2.80. The lowest BCUT2D eigenvalue weighted by molar-refractivity contribution is -0.120. The molecule has 0 unspecified atom stereocenters. The smallest absolute Gasteiger partial charge is 0.279 e. The Hall–Kier alpha value is -2.73. The van der Waals surface area contributed by atoms with Gasteiger partial charge in [-0.2, -0.15) is 0 Å². The van der Waals surface area contributed by atoms with Gasteiger partial charge in [0.2, 0.25) is 0 Å². The van der Waals surface area contributed by atoms with Crippen LogP contribution >= 0.6 is 0 Å². The third-order valence-electron chi connectivity index (χ3n) is 4.03. The van der Waals surface area contributed by atoms with Gasteiger partial charge >= 0.3 is 0 Å². The van der Waals surface area contributed by atoms with Crippen molar-refractivity contribution in [1.82, 2.24) is 0 Å². The van der Waals surface area contributed by atoms with Crippen LogP contribution in [-0.4, -0.2) is 25.2 Å². The van der Waals surface area contributed by atoms with E-state index in [0.29, 0.717) is 22.9 Å². The van der Waals surface area contributed by atoms with Gasteiger partial charge in [0, 0.05) is 12.0 Å². The maximum Gasteiger partial charge on any atom is 0.279 e. The zero-order valence-corrected chi connectivity index (χ0v) is 14.6. The molecule has 1 heterocycles. The summed E-state index contributed by atoms with van der Waals surface area (Å²) in [6.07, 6.45) is 0.808. The number of nitrogens with two attached hydrogens (primary N) is 1. The standard InChI is InChI=1S/C19H22N2O4/c1-19(2)11-13-5-4-6-16(18(13)25-19)24-12-17(22)21(20)14-7-9-15(23-3)10-8-14/h4-10H,11-12,20H2,1-3H3. The van der Waals surface area contributed by atoms with Crippen LogP contribution in [0.25, 0.3) is 0 Å². The minimum atomic E-state index is -0.361. The Bertz CT molecular complexity index is 771. The summed E-state index contributed by atoms with van der Waals surface area (Å²) in [5, 5.41) is 1.06. The van der Waals surface area contributed by atoms with E-state index in [-0.39, 0.29) is 18.1 Å². The van der Waals surface area contributed by atoms with Crippen LogP contribution in [0.3, 0.4) is 0 Å². The number of benzene rings is 2. The number of carbonyl (C=O) groups excluding carboxylic acids is 1. The number of hydrazine groups is 1. The van der Waals surface area contributed by atoms with E-state index >= 15 is 0 Å². The van der Waals surface area contributed by atoms with Crippen molar-refractivity contribution < 1.29 is 19.0 Å². The van der Waals surface area contributed by atoms with Crippen LogP contribution < -0.4 is 25.1 Å². The molecular weight excluding hydrogens is 320 g/mol. The number of nitrogens with zero attached hydrogens (tertiary/aromatic N) is 1. The van der Waals surface area contributed by atoms with Crippen LogP contribution in [0.5, 0.6) is 17.2 Å². The van der Waals surface area contributed by atoms with Crippen LogP contribution in [0, 0.1) is 0 Å². The molecule has 0 atom stereocenters. The van der Waals surface area contributed by atoms with E-state index in [1.807, 2.05) is 26.0 Å². The van der Waals surface area contributed by atoms with Gasteiger partial charge in [0.1, 0.15) is 11.4 Å². The van der Waals surface area contributed by atoms with Gasteiger partial charge in [-0.1, -0.05) is 12.1 Å². The largest absolute Gasteiger partial charge is 0.497 e. The van der Waals surface area contributed by atoms with E-state index in [0.717, 1.165) is 17.0 Å². The number of methoxy groups -OCH3 is 1. The van der Waals surface area contributed by atoms with Crippen molar-refractivity contribution in [3.63, 3.8) is 0 Å². The van der Waals surface area contributed by atoms with E-state index in [1.165, 1.54) is 0 Å². The molecule has 0 aromatic heterocycles. The predicted molar refractivity (Wildman–Crippen MR) is 95.0 cm³/mol. The highest BCUT2D eigenvalue weighted by Gasteiger charge is 2.32. The number of ether oxygens (including phenoxy) is 3. The van der Waals surface area contributed by atoms with Crippen LogP contribution in [0.2, 0.25) is 0 Å². The number of carbonyl (C=O) groups is 1. The number of para-hydroxylation sites is 1. The summed E-state index contributed by atoms with van der Waals surface area (Å²) < 4.78 is 16.7. The molecule has 1 amide bonds. The Morgan fingerprint density at radius 1 is 1.24 bits per heavy atom. The molecule has 6 heteroatoms. The monoisotopic (exact) mass is 342 g/mol. The summed E-state index contributed by atoms with van der Waals surface area (Å²) in [6.45, 7) is 3.86. The zero-order valence-electron chi connectivity index (χ0n) is 14.6. The first-order valence-corrected chi connectivity index (χ1v) is 8.05. The summed E-state index contributed by atoms with van der Waals surface area (Å²) in [5.74, 6) is 7.47. The molecule has 2 aromatic carbocycles. The molecule has 3 rings (SSSR count). The molecule has 0 fully saturated rings. The van der Waals surface area contributed by atoms with Crippen molar-refractivity contribution in [1.29, 1.82) is 0 Å². The van der Waals surface area contributed by atoms with Gasteiger partial charge < -0.3 is 14.2 Å². The molecule has 1 aliphatic heterocycles. The number of amides is 1. The fraction of sp³-hybridized carbons (Fsp3) is 0.316. The van der Waals surface area contributed by atoms with Crippen molar-refractivity contribution in [3.8, 4) is 17.2 Å². The van der Waals surface area contributed by atoms with Gasteiger partial charge in [0.25, 0.3) is 5.91 Å². The first-order valence-electron chi connectivity index (χ1n) is 8.05. The Morgan fingerprint density at radius 3 is 2.64 bits per heavy atom. The number of hydrogen-bond donors (Lipinski definition) is 1. The van der Waals surface area contributed by atoms with Gasteiger partial charge in [0.05, 0.1) is 12.8 Å². The number of anilines is 1. The summed E-state index contributed by atoms with van der Waals surface area (Å²) in [6, 6.07) is 12.6. The molecular formula is C19H22N2O4. The highest BCUT2D eigenvalue weighted by molar-refractivity contribution is 5.93. The lowest BCUT2D eigenvalue weighted by Gasteiger charge is -2.19. The second-order valence-corrected chi connectivity index (χ2v) is 6.53. The number of hydrogen-bond acceptors (Lipinski definition) is 5. The molecule has 132 valence electrons. The summed E-state index contributed by atoms with van der Waals surface area (Å²) in [7, 11) is 1.58. The van der Waals surface area contributed by atoms with Gasteiger partial charge in [-0.15, -0.1) is 0 Å². The van der Waals surface area contributed by atoms with Gasteiger partial charge in [-0.05, 0) is 44.2 Å². The maximum absolute atomic E-state index is 12.3. The molecule has 0 saturated heterocycles. The second kappa shape index (κ2) is 6.64. The van der Waals surface area contributed by atoms with Crippen LogP contribution in [0.4, 0.5) is 5.69 Å². The summed E-state index contributed by atoms with van der Waals surface area (Å²) >= 11 is 0. The van der Waals surface area contributed by atoms with E-state index in [9.17, 15) is 4.79 Å². The average molecular weight is 342 g/mol. The normalized spacial score (nSPS) is 14.4. The lowest BCUT2D eigenvalue weighted by Crippen LogP contribution is -2.40.